The molecule has 3 aromatic rings. The van der Waals surface area contributed by atoms with Crippen molar-refractivity contribution >= 4 is 46.1 Å². The maximum atomic E-state index is 12.3. The van der Waals surface area contributed by atoms with Gasteiger partial charge in [-0.3, -0.25) is 9.69 Å². The standard InChI is InChI=1S/C21H21Cl2N5O4/c22-16-3-1-13(7-17(16)23)10-27-5-6-32-15(11-27)9-24-20(29)12-28-25-18-4-2-14(21(30)31)8-19(18)26-28/h1-4,7-8,15H,5-6,9-12H2,(H,24,29)(H,30,31). The zero-order valence-electron chi connectivity index (χ0n) is 17.0. The maximum absolute atomic E-state index is 12.3. The highest BCUT2D eigenvalue weighted by molar-refractivity contribution is 6.42. The summed E-state index contributed by atoms with van der Waals surface area (Å²) in [6, 6.07) is 10.0. The average Bonchev–Trinajstić information content (AvgIpc) is 3.16. The van der Waals surface area contributed by atoms with E-state index in [1.807, 2.05) is 12.1 Å². The number of benzene rings is 2. The number of rotatable bonds is 7. The van der Waals surface area contributed by atoms with Gasteiger partial charge in [-0.2, -0.15) is 15.0 Å². The van der Waals surface area contributed by atoms with Gasteiger partial charge in [-0.05, 0) is 35.9 Å². The van der Waals surface area contributed by atoms with Gasteiger partial charge in [0.2, 0.25) is 5.91 Å². The minimum absolute atomic E-state index is 0.0726. The van der Waals surface area contributed by atoms with Gasteiger partial charge in [-0.25, -0.2) is 4.79 Å². The average molecular weight is 478 g/mol. The Hall–Kier alpha value is -2.72. The van der Waals surface area contributed by atoms with Crippen molar-refractivity contribution in [1.29, 1.82) is 0 Å². The van der Waals surface area contributed by atoms with E-state index in [2.05, 4.69) is 20.4 Å². The predicted molar refractivity (Wildman–Crippen MR) is 119 cm³/mol. The van der Waals surface area contributed by atoms with Crippen LogP contribution in [0, 0.1) is 0 Å². The number of aromatic nitrogens is 3. The van der Waals surface area contributed by atoms with Crippen LogP contribution in [0.15, 0.2) is 36.4 Å². The molecule has 0 bridgehead atoms. The van der Waals surface area contributed by atoms with Gasteiger partial charge in [0, 0.05) is 26.2 Å². The number of nitrogens with one attached hydrogen (secondary N) is 1. The summed E-state index contributed by atoms with van der Waals surface area (Å²) < 4.78 is 5.78. The fraction of sp³-hybridized carbons (Fsp3) is 0.333. The Labute approximate surface area is 193 Å². The van der Waals surface area contributed by atoms with Gasteiger partial charge in [0.25, 0.3) is 0 Å². The monoisotopic (exact) mass is 477 g/mol. The molecule has 1 fully saturated rings. The first-order valence-corrected chi connectivity index (χ1v) is 10.8. The zero-order valence-corrected chi connectivity index (χ0v) is 18.5. The number of aromatic carboxylic acids is 1. The molecule has 11 heteroatoms. The topological polar surface area (TPSA) is 110 Å². The molecule has 0 saturated carbocycles. The summed E-state index contributed by atoms with van der Waals surface area (Å²) in [5.74, 6) is -1.30. The van der Waals surface area contributed by atoms with E-state index in [0.29, 0.717) is 47.3 Å². The molecule has 2 N–H and O–H groups in total. The van der Waals surface area contributed by atoms with Crippen LogP contribution in [0.2, 0.25) is 10.0 Å². The molecule has 2 heterocycles. The molecule has 0 spiro atoms. The maximum Gasteiger partial charge on any atom is 0.335 e. The van der Waals surface area contributed by atoms with E-state index in [-0.39, 0.29) is 24.1 Å². The fourth-order valence-electron chi connectivity index (χ4n) is 3.52. The molecule has 1 unspecified atom stereocenters. The van der Waals surface area contributed by atoms with E-state index < -0.39 is 5.97 Å². The van der Waals surface area contributed by atoms with Crippen molar-refractivity contribution in [3.05, 3.63) is 57.6 Å². The van der Waals surface area contributed by atoms with Crippen molar-refractivity contribution in [3.8, 4) is 0 Å². The molecule has 0 aliphatic carbocycles. The van der Waals surface area contributed by atoms with Crippen molar-refractivity contribution in [2.75, 3.05) is 26.2 Å². The molecular weight excluding hydrogens is 457 g/mol. The minimum Gasteiger partial charge on any atom is -0.478 e. The highest BCUT2D eigenvalue weighted by atomic mass is 35.5. The van der Waals surface area contributed by atoms with Crippen LogP contribution in [-0.2, 0) is 22.6 Å². The predicted octanol–water partition coefficient (Wildman–Crippen LogP) is 2.45. The lowest BCUT2D eigenvalue weighted by Gasteiger charge is -2.33. The number of fused-ring (bicyclic) bond motifs is 1. The molecule has 4 rings (SSSR count). The van der Waals surface area contributed by atoms with Crippen LogP contribution < -0.4 is 5.32 Å². The summed E-state index contributed by atoms with van der Waals surface area (Å²) >= 11 is 12.1. The Kier molecular flexibility index (Phi) is 6.90. The van der Waals surface area contributed by atoms with Gasteiger partial charge in [-0.15, -0.1) is 0 Å². The third kappa shape index (κ3) is 5.55. The number of hydrogen-bond donors (Lipinski definition) is 2. The number of ether oxygens (including phenoxy) is 1. The smallest absolute Gasteiger partial charge is 0.335 e. The van der Waals surface area contributed by atoms with Gasteiger partial charge >= 0.3 is 5.97 Å². The lowest BCUT2D eigenvalue weighted by atomic mass is 10.2. The molecular formula is C21H21Cl2N5O4. The second kappa shape index (κ2) is 9.83. The molecule has 1 aromatic heterocycles. The van der Waals surface area contributed by atoms with Crippen molar-refractivity contribution in [2.24, 2.45) is 0 Å². The Balaban J connectivity index is 1.28. The number of carboxylic acid groups (broad SMARTS) is 1. The summed E-state index contributed by atoms with van der Waals surface area (Å²) in [6.45, 7) is 3.03. The number of nitrogens with zero attached hydrogens (tertiary/aromatic N) is 4. The third-order valence-corrected chi connectivity index (χ3v) is 5.83. The molecule has 2 aromatic carbocycles. The van der Waals surface area contributed by atoms with E-state index in [4.69, 9.17) is 33.0 Å². The van der Waals surface area contributed by atoms with Crippen molar-refractivity contribution in [2.45, 2.75) is 19.2 Å². The molecule has 1 amide bonds. The van der Waals surface area contributed by atoms with Crippen LogP contribution in [0.25, 0.3) is 11.0 Å². The third-order valence-electron chi connectivity index (χ3n) is 5.09. The number of amides is 1. The summed E-state index contributed by atoms with van der Waals surface area (Å²) in [5, 5.41) is 21.4. The minimum atomic E-state index is -1.04. The van der Waals surface area contributed by atoms with Crippen LogP contribution in [0.5, 0.6) is 0 Å². The molecule has 1 atom stereocenters. The summed E-state index contributed by atoms with van der Waals surface area (Å²) in [7, 11) is 0. The van der Waals surface area contributed by atoms with E-state index >= 15 is 0 Å². The summed E-state index contributed by atoms with van der Waals surface area (Å²) in [5.41, 5.74) is 2.13. The van der Waals surface area contributed by atoms with Crippen LogP contribution in [0.4, 0.5) is 0 Å². The first kappa shape index (κ1) is 22.5. The second-order valence-electron chi connectivity index (χ2n) is 7.52. The van der Waals surface area contributed by atoms with Crippen LogP contribution in [-0.4, -0.2) is 69.2 Å². The number of halogens is 2. The van der Waals surface area contributed by atoms with Gasteiger partial charge in [0.15, 0.2) is 0 Å². The van der Waals surface area contributed by atoms with E-state index in [0.717, 1.165) is 12.1 Å². The quantitative estimate of drug-likeness (QED) is 0.537. The molecule has 1 aliphatic heterocycles. The van der Waals surface area contributed by atoms with Gasteiger partial charge in [0.1, 0.15) is 17.6 Å². The molecule has 1 saturated heterocycles. The summed E-state index contributed by atoms with van der Waals surface area (Å²) in [6.07, 6.45) is -0.141. The van der Waals surface area contributed by atoms with Gasteiger partial charge < -0.3 is 15.2 Å². The molecule has 9 nitrogen and oxygen atoms in total. The van der Waals surface area contributed by atoms with Gasteiger partial charge in [0.05, 0.1) is 28.3 Å². The van der Waals surface area contributed by atoms with Gasteiger partial charge in [-0.1, -0.05) is 29.3 Å². The highest BCUT2D eigenvalue weighted by Gasteiger charge is 2.21. The van der Waals surface area contributed by atoms with E-state index in [1.54, 1.807) is 12.1 Å². The number of carbonyl (C=O) groups excluding carboxylic acids is 1. The van der Waals surface area contributed by atoms with Crippen molar-refractivity contribution in [3.63, 3.8) is 0 Å². The zero-order chi connectivity index (χ0) is 22.7. The fourth-order valence-corrected chi connectivity index (χ4v) is 3.84. The highest BCUT2D eigenvalue weighted by Crippen LogP contribution is 2.23. The van der Waals surface area contributed by atoms with Crippen LogP contribution >= 0.6 is 23.2 Å². The number of hydrogen-bond acceptors (Lipinski definition) is 6. The largest absolute Gasteiger partial charge is 0.478 e. The molecule has 168 valence electrons. The number of carboxylic acids is 1. The lowest BCUT2D eigenvalue weighted by molar-refractivity contribution is -0.123. The Morgan fingerprint density at radius 1 is 1.12 bits per heavy atom. The molecule has 1 aliphatic rings. The summed E-state index contributed by atoms with van der Waals surface area (Å²) in [4.78, 5) is 26.9. The van der Waals surface area contributed by atoms with Crippen LogP contribution in [0.1, 0.15) is 15.9 Å². The van der Waals surface area contributed by atoms with Crippen molar-refractivity contribution in [1.82, 2.24) is 25.2 Å². The Morgan fingerprint density at radius 3 is 2.72 bits per heavy atom. The number of morpholine rings is 1. The first-order valence-electron chi connectivity index (χ1n) is 10.00. The lowest BCUT2D eigenvalue weighted by Crippen LogP contribution is -2.47. The SMILES string of the molecule is O=C(Cn1nc2ccc(C(=O)O)cc2n1)NCC1CN(Cc2ccc(Cl)c(Cl)c2)CCO1. The van der Waals surface area contributed by atoms with Crippen molar-refractivity contribution < 1.29 is 19.4 Å². The molecule has 32 heavy (non-hydrogen) atoms. The Bertz CT molecular complexity index is 1150. The van der Waals surface area contributed by atoms with Crippen LogP contribution in [0.3, 0.4) is 0 Å². The second-order valence-corrected chi connectivity index (χ2v) is 8.33. The van der Waals surface area contributed by atoms with E-state index in [1.165, 1.54) is 16.9 Å². The normalized spacial score (nSPS) is 16.9. The molecule has 0 radical (unpaired) electrons. The number of carbonyl (C=O) groups is 2. The van der Waals surface area contributed by atoms with E-state index in [9.17, 15) is 9.59 Å². The first-order chi connectivity index (χ1) is 15.4. The Morgan fingerprint density at radius 2 is 1.94 bits per heavy atom.